The summed E-state index contributed by atoms with van der Waals surface area (Å²) in [6.45, 7) is 25.6. The van der Waals surface area contributed by atoms with Crippen LogP contribution in [0.3, 0.4) is 0 Å². The topological polar surface area (TPSA) is 168 Å². The Labute approximate surface area is 566 Å². The summed E-state index contributed by atoms with van der Waals surface area (Å²) >= 11 is 0. The summed E-state index contributed by atoms with van der Waals surface area (Å²) in [5, 5.41) is 45.2. The molecule has 0 spiro atoms. The van der Waals surface area contributed by atoms with Crippen molar-refractivity contribution in [3.63, 3.8) is 0 Å². The minimum absolute atomic E-state index is 0.0113. The summed E-state index contributed by atoms with van der Waals surface area (Å²) in [6.07, 6.45) is 35.1. The molecule has 28 fully saturated rings. The molecule has 28 aliphatic carbocycles. The lowest BCUT2D eigenvalue weighted by molar-refractivity contribution is -0.363. The molecule has 28 aliphatic rings. The Kier molecular flexibility index (Phi) is 14.6. The first-order valence-corrected chi connectivity index (χ1v) is 40.7. The van der Waals surface area contributed by atoms with Crippen molar-refractivity contribution in [3.8, 4) is 0 Å². The number of carbonyl (C=O) groups excluding carboxylic acids is 4. The van der Waals surface area contributed by atoms with E-state index >= 15 is 0 Å². The maximum Gasteiger partial charge on any atom is 0.312 e. The van der Waals surface area contributed by atoms with Crippen molar-refractivity contribution in [2.75, 3.05) is 0 Å². The van der Waals surface area contributed by atoms with Gasteiger partial charge in [0, 0.05) is 24.2 Å². The zero-order valence-corrected chi connectivity index (χ0v) is 60.7. The fourth-order valence-electron chi connectivity index (χ4n) is 33.4. The molecular formula is C84H128O10. The van der Waals surface area contributed by atoms with Gasteiger partial charge in [-0.2, -0.15) is 0 Å². The molecule has 28 rings (SSSR count). The first kappa shape index (κ1) is 65.4. The highest BCUT2D eigenvalue weighted by Gasteiger charge is 2.82. The molecule has 0 radical (unpaired) electrons. The summed E-state index contributed by atoms with van der Waals surface area (Å²) in [5.74, 6) is 16.1. The third-order valence-corrected chi connectivity index (χ3v) is 37.6. The molecule has 0 heterocycles. The van der Waals surface area contributed by atoms with E-state index in [1.807, 2.05) is 20.8 Å². The van der Waals surface area contributed by atoms with Gasteiger partial charge in [0.15, 0.2) is 0 Å². The van der Waals surface area contributed by atoms with Crippen LogP contribution in [0.15, 0.2) is 0 Å². The van der Waals surface area contributed by atoms with Crippen molar-refractivity contribution in [2.24, 2.45) is 175 Å². The highest BCUT2D eigenvalue weighted by Crippen LogP contribution is 2.86. The monoisotopic (exact) mass is 1300 g/mol. The van der Waals surface area contributed by atoms with Crippen LogP contribution in [-0.2, 0) is 28.7 Å². The van der Waals surface area contributed by atoms with Gasteiger partial charge < -0.3 is 29.9 Å². The van der Waals surface area contributed by atoms with Gasteiger partial charge in [0.05, 0.1) is 33.7 Å². The van der Waals surface area contributed by atoms with Crippen LogP contribution in [0.4, 0.5) is 0 Å². The quantitative estimate of drug-likeness (QED) is 0.109. The fourth-order valence-corrected chi connectivity index (χ4v) is 33.4. The normalized spacial score (nSPS) is 56.6. The maximum absolute atomic E-state index is 13.4. The van der Waals surface area contributed by atoms with Crippen LogP contribution in [0.1, 0.15) is 289 Å². The van der Waals surface area contributed by atoms with Gasteiger partial charge in [-0.1, -0.05) is 69.2 Å². The van der Waals surface area contributed by atoms with Crippen LogP contribution in [0.25, 0.3) is 0 Å². The number of aliphatic hydroxyl groups is 4. The molecule has 0 amide bonds. The number of Topliss-reactive ketones (excluding diaryl/α,β-unsaturated/α-hetero) is 2. The number of hydrogen-bond acceptors (Lipinski definition) is 10. The van der Waals surface area contributed by atoms with Gasteiger partial charge in [0.2, 0.25) is 0 Å². The van der Waals surface area contributed by atoms with E-state index in [1.54, 1.807) is 0 Å². The molecule has 28 saturated carbocycles. The predicted molar refractivity (Wildman–Crippen MR) is 362 cm³/mol. The average Bonchev–Trinajstić information content (AvgIpc) is 0.724. The number of carbonyl (C=O) groups is 4. The Hall–Kier alpha value is -1.88. The maximum atomic E-state index is 13.4. The van der Waals surface area contributed by atoms with Crippen molar-refractivity contribution >= 4 is 23.5 Å². The van der Waals surface area contributed by atoms with E-state index in [0.29, 0.717) is 82.6 Å². The van der Waals surface area contributed by atoms with Crippen molar-refractivity contribution in [2.45, 2.75) is 322 Å². The third-order valence-electron chi connectivity index (χ3n) is 37.6. The van der Waals surface area contributed by atoms with Gasteiger partial charge in [0.25, 0.3) is 0 Å². The zero-order chi connectivity index (χ0) is 66.2. The first-order valence-electron chi connectivity index (χ1n) is 40.7. The summed E-state index contributed by atoms with van der Waals surface area (Å²) in [5.41, 5.74) is -1.33. The molecule has 18 unspecified atom stereocenters. The molecule has 18 atom stereocenters. The van der Waals surface area contributed by atoms with Gasteiger partial charge in [-0.25, -0.2) is 0 Å². The van der Waals surface area contributed by atoms with Gasteiger partial charge >= 0.3 is 11.9 Å². The van der Waals surface area contributed by atoms with Crippen LogP contribution in [-0.4, -0.2) is 77.5 Å². The Morgan fingerprint density at radius 2 is 0.734 bits per heavy atom. The van der Waals surface area contributed by atoms with Gasteiger partial charge in [0.1, 0.15) is 22.8 Å². The Bertz CT molecular complexity index is 2980. The summed E-state index contributed by atoms with van der Waals surface area (Å²) in [4.78, 5) is 51.5. The molecule has 524 valence electrons. The molecule has 0 aromatic heterocycles. The fraction of sp³-hybridized carbons (Fsp3) is 0.952. The van der Waals surface area contributed by atoms with Crippen molar-refractivity contribution < 1.29 is 49.1 Å². The number of ether oxygens (including phenoxy) is 2. The Morgan fingerprint density at radius 3 is 1.10 bits per heavy atom. The van der Waals surface area contributed by atoms with Gasteiger partial charge in [-0.3, -0.25) is 19.2 Å². The van der Waals surface area contributed by atoms with E-state index in [1.165, 1.54) is 77.0 Å². The molecule has 0 aliphatic heterocycles. The van der Waals surface area contributed by atoms with Gasteiger partial charge in [-0.05, 0) is 358 Å². The largest absolute Gasteiger partial charge is 0.459 e. The van der Waals surface area contributed by atoms with E-state index in [2.05, 4.69) is 62.3 Å². The zero-order valence-electron chi connectivity index (χ0n) is 60.7. The highest BCUT2D eigenvalue weighted by molar-refractivity contribution is 5.85. The standard InChI is InChI=1S/C23H36O2.C22H34O2.C20H30O3.C19H28O3/c1-5-20(3,4)19(24)13-22-10-14-7-17-16(22)8-15-11-21(22,6-2)18(9-14)23(17,25)12-15;1-4-13(3)18(23)12-21-9-14-6-17-16(21)7-15-10-20(21,5-2)19(8-14)22(17,24)11-15;1-4-18(2,3)17(21)23-20-8-14-11-5-19(22)6-12(14)16(10-20)13(7-19)15(11)9-20;1-3-10(2)17(20)22-19-7-14-11-4-18(21)5-12(14)16(9-19)13(6-18)15(11)8-19/h14-18,25H,5-13H2,1-4H3;13-17,19,24H,4-12H2,1-3H3;11-16,22H,4-10H2,1-3H3;10-16,21H,3-9H2,1-2H3. The number of esters is 2. The molecule has 4 N–H and O–H groups in total. The molecule has 32 bridgehead atoms. The predicted octanol–water partition coefficient (Wildman–Crippen LogP) is 16.3. The van der Waals surface area contributed by atoms with E-state index in [0.717, 1.165) is 188 Å². The lowest BCUT2D eigenvalue weighted by Gasteiger charge is -2.81. The molecule has 94 heavy (non-hydrogen) atoms. The summed E-state index contributed by atoms with van der Waals surface area (Å²) < 4.78 is 12.4. The summed E-state index contributed by atoms with van der Waals surface area (Å²) in [7, 11) is 0. The average molecular weight is 1300 g/mol. The SMILES string of the molecule is CCC(C)(C)C(=O)CC12CC3CC4C1CC1CC4(O)C(C3)C2(CC)C1.CCC(C)(C)C(=O)OC12CC3C4CC5(O)CC3C(C1)C(C5)C4C2.CCC(C)C(=O)CC12CC3CC4C1CC1CC4(O)C(C3)C2(CC)C1.CCC(C)C(=O)OC12CC3C4CC5(O)CC3C(C1)C(C5)C4C2. The second-order valence-corrected chi connectivity index (χ2v) is 41.3. The second kappa shape index (κ2) is 20.9. The molecule has 0 saturated heterocycles. The lowest BCUT2D eigenvalue weighted by Crippen LogP contribution is -2.79. The first-order chi connectivity index (χ1) is 44.3. The van der Waals surface area contributed by atoms with Crippen molar-refractivity contribution in [1.82, 2.24) is 0 Å². The van der Waals surface area contributed by atoms with E-state index in [4.69, 9.17) is 9.47 Å². The Morgan fingerprint density at radius 1 is 0.394 bits per heavy atom. The van der Waals surface area contributed by atoms with Crippen LogP contribution < -0.4 is 0 Å². The van der Waals surface area contributed by atoms with Crippen molar-refractivity contribution in [3.05, 3.63) is 0 Å². The van der Waals surface area contributed by atoms with Gasteiger partial charge in [-0.15, -0.1) is 0 Å². The van der Waals surface area contributed by atoms with E-state index in [-0.39, 0.29) is 89.9 Å². The van der Waals surface area contributed by atoms with E-state index < -0.39 is 0 Å². The van der Waals surface area contributed by atoms with E-state index in [9.17, 15) is 39.6 Å². The molecule has 0 aromatic carbocycles. The second-order valence-electron chi connectivity index (χ2n) is 41.3. The Balaban J connectivity index is 0.0000000954. The molecule has 0 aromatic rings. The van der Waals surface area contributed by atoms with Crippen molar-refractivity contribution in [1.29, 1.82) is 0 Å². The van der Waals surface area contributed by atoms with Crippen LogP contribution >= 0.6 is 0 Å². The van der Waals surface area contributed by atoms with Crippen LogP contribution in [0.5, 0.6) is 0 Å². The molecular weight excluding hydrogens is 1170 g/mol. The molecule has 10 heteroatoms. The minimum Gasteiger partial charge on any atom is -0.459 e. The van der Waals surface area contributed by atoms with Crippen LogP contribution in [0, 0.1) is 175 Å². The number of rotatable bonds is 16. The smallest absolute Gasteiger partial charge is 0.312 e. The lowest BCUT2D eigenvalue weighted by atomic mass is 9.23. The third kappa shape index (κ3) is 8.50. The number of hydrogen-bond donors (Lipinski definition) is 4. The highest BCUT2D eigenvalue weighted by atomic mass is 16.6. The minimum atomic E-state index is -0.383. The number of ketones is 2. The summed E-state index contributed by atoms with van der Waals surface area (Å²) in [6, 6.07) is 0. The molecule has 10 nitrogen and oxygen atoms in total. The van der Waals surface area contributed by atoms with Crippen LogP contribution in [0.2, 0.25) is 0 Å².